The van der Waals surface area contributed by atoms with Gasteiger partial charge in [-0.05, 0) is 25.6 Å². The number of halogens is 2. The van der Waals surface area contributed by atoms with Crippen molar-refractivity contribution in [2.75, 3.05) is 38.4 Å². The summed E-state index contributed by atoms with van der Waals surface area (Å²) in [4.78, 5) is 34.4. The van der Waals surface area contributed by atoms with Crippen molar-refractivity contribution in [1.29, 1.82) is 0 Å². The van der Waals surface area contributed by atoms with Crippen LogP contribution in [-0.2, 0) is 4.74 Å². The van der Waals surface area contributed by atoms with Gasteiger partial charge in [-0.1, -0.05) is 23.2 Å². The Labute approximate surface area is 206 Å². The number of benzene rings is 1. The number of pyridine rings is 1. The van der Waals surface area contributed by atoms with Crippen LogP contribution in [0.25, 0.3) is 5.69 Å². The van der Waals surface area contributed by atoms with E-state index in [1.54, 1.807) is 26.4 Å². The van der Waals surface area contributed by atoms with Gasteiger partial charge in [-0.2, -0.15) is 0 Å². The van der Waals surface area contributed by atoms with E-state index in [1.807, 2.05) is 6.92 Å². The Bertz CT molecular complexity index is 1230. The summed E-state index contributed by atoms with van der Waals surface area (Å²) in [6, 6.07) is 4.61. The van der Waals surface area contributed by atoms with Crippen molar-refractivity contribution in [3.05, 3.63) is 68.4 Å². The number of carbonyl (C=O) groups excluding carboxylic acids is 1. The smallest absolute Gasteiger partial charge is 0.273 e. The minimum Gasteiger partial charge on any atom is -0.494 e. The summed E-state index contributed by atoms with van der Waals surface area (Å²) >= 11 is 12.7. The van der Waals surface area contributed by atoms with Crippen LogP contribution in [0.4, 0.5) is 11.5 Å². The molecule has 1 aromatic carbocycles. The summed E-state index contributed by atoms with van der Waals surface area (Å²) in [5.74, 6) is -0.556. The molecule has 2 heterocycles. The number of nitrogens with one attached hydrogen (secondary N) is 2. The lowest BCUT2D eigenvalue weighted by atomic mass is 10.1. The van der Waals surface area contributed by atoms with Crippen molar-refractivity contribution < 1.29 is 14.3 Å². The molecule has 3 aromatic rings. The van der Waals surface area contributed by atoms with E-state index in [9.17, 15) is 9.59 Å². The van der Waals surface area contributed by atoms with Crippen LogP contribution in [0.1, 0.15) is 28.9 Å². The van der Waals surface area contributed by atoms with Gasteiger partial charge in [0, 0.05) is 25.4 Å². The third-order valence-electron chi connectivity index (χ3n) is 4.87. The largest absolute Gasteiger partial charge is 0.494 e. The van der Waals surface area contributed by atoms with Crippen molar-refractivity contribution in [1.82, 2.24) is 19.9 Å². The van der Waals surface area contributed by atoms with Gasteiger partial charge >= 0.3 is 0 Å². The van der Waals surface area contributed by atoms with Crippen LogP contribution < -0.4 is 26.7 Å². The van der Waals surface area contributed by atoms with Gasteiger partial charge in [0.05, 0.1) is 46.9 Å². The van der Waals surface area contributed by atoms with E-state index in [1.165, 1.54) is 18.3 Å². The Morgan fingerprint density at radius 1 is 1.24 bits per heavy atom. The third-order valence-corrected chi connectivity index (χ3v) is 5.45. The number of nitrogen functional groups attached to an aromatic ring is 1. The van der Waals surface area contributed by atoms with Gasteiger partial charge in [0.2, 0.25) is 0 Å². The Kier molecular flexibility index (Phi) is 8.46. The fourth-order valence-electron chi connectivity index (χ4n) is 3.29. The maximum absolute atomic E-state index is 13.2. The quantitative estimate of drug-likeness (QED) is 0.403. The molecule has 0 radical (unpaired) electrons. The molecule has 0 bridgehead atoms. The zero-order valence-electron chi connectivity index (χ0n) is 18.8. The fourth-order valence-corrected chi connectivity index (χ4v) is 3.93. The first kappa shape index (κ1) is 25.4. The van der Waals surface area contributed by atoms with Crippen LogP contribution >= 0.6 is 23.2 Å². The van der Waals surface area contributed by atoms with Crippen molar-refractivity contribution in [2.24, 2.45) is 0 Å². The maximum Gasteiger partial charge on any atom is 0.273 e. The highest BCUT2D eigenvalue weighted by atomic mass is 35.5. The second-order valence-corrected chi connectivity index (χ2v) is 7.92. The fraction of sp³-hybridized carbons (Fsp3) is 0.273. The molecule has 2 aromatic heterocycles. The number of methoxy groups -OCH3 is 1. The zero-order chi connectivity index (χ0) is 24.8. The molecule has 0 saturated heterocycles. The second kappa shape index (κ2) is 11.3. The number of ether oxygens (including phenoxy) is 2. The lowest BCUT2D eigenvalue weighted by molar-refractivity contribution is 0.102. The molecule has 1 atom stereocenters. The van der Waals surface area contributed by atoms with E-state index in [0.717, 1.165) is 16.5 Å². The third kappa shape index (κ3) is 5.48. The van der Waals surface area contributed by atoms with Gasteiger partial charge in [0.15, 0.2) is 0 Å². The molecule has 0 spiro atoms. The summed E-state index contributed by atoms with van der Waals surface area (Å²) in [5.41, 5.74) is 6.08. The minimum atomic E-state index is -0.755. The van der Waals surface area contributed by atoms with Crippen LogP contribution in [-0.4, -0.2) is 47.8 Å². The number of aromatic nitrogens is 3. The number of nitrogens with zero attached hydrogens (tertiary/aromatic N) is 3. The summed E-state index contributed by atoms with van der Waals surface area (Å²) in [7, 11) is 3.37. The van der Waals surface area contributed by atoms with Crippen molar-refractivity contribution >= 4 is 40.6 Å². The van der Waals surface area contributed by atoms with E-state index >= 15 is 0 Å². The Hall–Kier alpha value is -3.18. The topological polar surface area (TPSA) is 133 Å². The first-order chi connectivity index (χ1) is 16.3. The molecule has 0 unspecified atom stereocenters. The lowest BCUT2D eigenvalue weighted by Gasteiger charge is -2.16. The second-order valence-electron chi connectivity index (χ2n) is 7.11. The molecule has 34 heavy (non-hydrogen) atoms. The molecule has 0 aliphatic heterocycles. The van der Waals surface area contributed by atoms with Gasteiger partial charge in [0.25, 0.3) is 11.5 Å². The van der Waals surface area contributed by atoms with E-state index in [2.05, 4.69) is 20.6 Å². The van der Waals surface area contributed by atoms with E-state index in [-0.39, 0.29) is 33.2 Å². The van der Waals surface area contributed by atoms with Crippen LogP contribution in [0.3, 0.4) is 0 Å². The van der Waals surface area contributed by atoms with Crippen molar-refractivity contribution in [3.63, 3.8) is 0 Å². The predicted octanol–water partition coefficient (Wildman–Crippen LogP) is 3.07. The summed E-state index contributed by atoms with van der Waals surface area (Å²) in [6.45, 7) is 2.63. The van der Waals surface area contributed by atoms with Crippen LogP contribution in [0.15, 0.2) is 41.7 Å². The highest BCUT2D eigenvalue weighted by Gasteiger charge is 2.22. The summed E-state index contributed by atoms with van der Waals surface area (Å²) in [5, 5.41) is 6.03. The van der Waals surface area contributed by atoms with E-state index < -0.39 is 11.5 Å². The molecule has 180 valence electrons. The van der Waals surface area contributed by atoms with Gasteiger partial charge in [-0.3, -0.25) is 19.1 Å². The minimum absolute atomic E-state index is 0.140. The molecule has 0 aliphatic carbocycles. The SMILES string of the molecule is CCOc1cc(Cl)c(-n2cnc(N)c(C(=O)Nc3cncc([C@H](COC)NC)c3)c2=O)c(Cl)c1. The van der Waals surface area contributed by atoms with Crippen LogP contribution in [0, 0.1) is 0 Å². The standard InChI is InChI=1S/C22H24Cl2N6O4/c1-4-34-14-6-15(23)19(16(24)7-14)30-11-28-20(25)18(22(30)32)21(31)29-13-5-12(8-27-9-13)17(26-2)10-33-3/h5-9,11,17,26H,4,10,25H2,1-3H3,(H,29,31)/t17-/m0/s1. The summed E-state index contributed by atoms with van der Waals surface area (Å²) < 4.78 is 11.7. The zero-order valence-corrected chi connectivity index (χ0v) is 20.3. The van der Waals surface area contributed by atoms with E-state index in [0.29, 0.717) is 24.7 Å². The molecule has 0 aliphatic rings. The number of anilines is 2. The Balaban J connectivity index is 1.98. The van der Waals surface area contributed by atoms with Gasteiger partial charge in [-0.15, -0.1) is 0 Å². The average Bonchev–Trinajstić information content (AvgIpc) is 2.79. The summed E-state index contributed by atoms with van der Waals surface area (Å²) in [6.07, 6.45) is 4.26. The van der Waals surface area contributed by atoms with Crippen molar-refractivity contribution in [2.45, 2.75) is 13.0 Å². The number of nitrogens with two attached hydrogens (primary N) is 1. The molecular formula is C22H24Cl2N6O4. The molecular weight excluding hydrogens is 483 g/mol. The molecule has 0 saturated carbocycles. The Morgan fingerprint density at radius 2 is 1.94 bits per heavy atom. The highest BCUT2D eigenvalue weighted by molar-refractivity contribution is 6.38. The maximum atomic E-state index is 13.2. The number of hydrogen-bond donors (Lipinski definition) is 3. The molecule has 3 rings (SSSR count). The Morgan fingerprint density at radius 3 is 2.56 bits per heavy atom. The number of likely N-dealkylation sites (N-methyl/N-ethyl adjacent to an activating group) is 1. The number of amides is 1. The number of carbonyl (C=O) groups is 1. The normalized spacial score (nSPS) is 11.8. The molecule has 1 amide bonds. The highest BCUT2D eigenvalue weighted by Crippen LogP contribution is 2.32. The first-order valence-electron chi connectivity index (χ1n) is 10.2. The lowest BCUT2D eigenvalue weighted by Crippen LogP contribution is -2.31. The van der Waals surface area contributed by atoms with Gasteiger partial charge in [0.1, 0.15) is 23.5 Å². The number of hydrogen-bond acceptors (Lipinski definition) is 8. The molecule has 12 heteroatoms. The first-order valence-corrected chi connectivity index (χ1v) is 11.0. The van der Waals surface area contributed by atoms with Gasteiger partial charge < -0.3 is 25.8 Å². The van der Waals surface area contributed by atoms with Gasteiger partial charge in [-0.25, -0.2) is 4.98 Å². The predicted molar refractivity (Wildman–Crippen MR) is 131 cm³/mol. The van der Waals surface area contributed by atoms with Crippen molar-refractivity contribution in [3.8, 4) is 11.4 Å². The van der Waals surface area contributed by atoms with Crippen LogP contribution in [0.2, 0.25) is 10.0 Å². The average molecular weight is 507 g/mol. The molecule has 10 nitrogen and oxygen atoms in total. The monoisotopic (exact) mass is 506 g/mol. The molecule has 4 N–H and O–H groups in total. The van der Waals surface area contributed by atoms with E-state index in [4.69, 9.17) is 38.4 Å². The number of rotatable bonds is 9. The van der Waals surface area contributed by atoms with Crippen LogP contribution in [0.5, 0.6) is 5.75 Å². The molecule has 0 fully saturated rings.